The molecule has 1 aliphatic heterocycles. The lowest BCUT2D eigenvalue weighted by Gasteiger charge is -2.33. The third-order valence-corrected chi connectivity index (χ3v) is 4.04. The van der Waals surface area contributed by atoms with Crippen LogP contribution >= 0.6 is 0 Å². The van der Waals surface area contributed by atoms with Crippen LogP contribution in [-0.2, 0) is 14.4 Å². The zero-order valence-electron chi connectivity index (χ0n) is 13.7. The maximum atomic E-state index is 13.0. The van der Waals surface area contributed by atoms with Gasteiger partial charge in [0, 0.05) is 31.2 Å². The average Bonchev–Trinajstić information content (AvgIpc) is 2.55. The zero-order chi connectivity index (χ0) is 17.5. The van der Waals surface area contributed by atoms with Crippen LogP contribution in [0.5, 0.6) is 0 Å². The van der Waals surface area contributed by atoms with Crippen LogP contribution in [0.15, 0.2) is 24.3 Å². The van der Waals surface area contributed by atoms with Gasteiger partial charge in [-0.3, -0.25) is 14.4 Å². The number of carbonyl (C=O) groups excluding carboxylic acids is 3. The highest BCUT2D eigenvalue weighted by Gasteiger charge is 2.23. The molecular weight excluding hydrogens is 313 g/mol. The highest BCUT2D eigenvalue weighted by atomic mass is 19.1. The zero-order valence-corrected chi connectivity index (χ0v) is 13.7. The van der Waals surface area contributed by atoms with E-state index >= 15 is 0 Å². The lowest BCUT2D eigenvalue weighted by Crippen LogP contribution is -2.44. The van der Waals surface area contributed by atoms with Crippen LogP contribution in [0.3, 0.4) is 0 Å². The second kappa shape index (κ2) is 8.42. The Morgan fingerprint density at radius 1 is 1.25 bits per heavy atom. The number of carbonyl (C=O) groups is 3. The number of amides is 3. The van der Waals surface area contributed by atoms with Gasteiger partial charge in [-0.05, 0) is 44.4 Å². The van der Waals surface area contributed by atoms with Gasteiger partial charge < -0.3 is 15.5 Å². The van der Waals surface area contributed by atoms with Crippen LogP contribution < -0.4 is 10.6 Å². The Morgan fingerprint density at radius 3 is 2.75 bits per heavy atom. The topological polar surface area (TPSA) is 78.5 Å². The van der Waals surface area contributed by atoms with E-state index in [1.165, 1.54) is 18.2 Å². The van der Waals surface area contributed by atoms with Crippen LogP contribution in [0.25, 0.3) is 0 Å². The standard InChI is InChI=1S/C17H22FN3O3/c1-12-5-2-3-10-21(12)15(22)8-9-19-16(23)17(24)20-14-7-4-6-13(18)11-14/h4,6-7,11-12H,2-3,5,8-10H2,1H3,(H,19,23)(H,20,24)/t12-/m1/s1. The van der Waals surface area contributed by atoms with E-state index in [-0.39, 0.29) is 30.6 Å². The molecule has 6 nitrogen and oxygen atoms in total. The molecule has 24 heavy (non-hydrogen) atoms. The number of likely N-dealkylation sites (tertiary alicyclic amines) is 1. The molecule has 0 bridgehead atoms. The summed E-state index contributed by atoms with van der Waals surface area (Å²) in [6.45, 7) is 2.85. The second-order valence-electron chi connectivity index (χ2n) is 5.90. The SMILES string of the molecule is C[C@@H]1CCCCN1C(=O)CCNC(=O)C(=O)Nc1cccc(F)c1. The fraction of sp³-hybridized carbons (Fsp3) is 0.471. The van der Waals surface area contributed by atoms with Crippen molar-refractivity contribution in [2.45, 2.75) is 38.6 Å². The summed E-state index contributed by atoms with van der Waals surface area (Å²) in [7, 11) is 0. The molecule has 1 heterocycles. The number of anilines is 1. The van der Waals surface area contributed by atoms with E-state index in [1.807, 2.05) is 11.8 Å². The molecule has 1 fully saturated rings. The molecule has 1 saturated heterocycles. The maximum absolute atomic E-state index is 13.0. The predicted molar refractivity (Wildman–Crippen MR) is 87.7 cm³/mol. The molecule has 130 valence electrons. The number of hydrogen-bond donors (Lipinski definition) is 2. The van der Waals surface area contributed by atoms with Crippen LogP contribution in [0.4, 0.5) is 10.1 Å². The molecule has 0 spiro atoms. The van der Waals surface area contributed by atoms with Crippen molar-refractivity contribution in [3.8, 4) is 0 Å². The second-order valence-corrected chi connectivity index (χ2v) is 5.90. The maximum Gasteiger partial charge on any atom is 0.313 e. The Morgan fingerprint density at radius 2 is 2.04 bits per heavy atom. The number of benzene rings is 1. The number of nitrogens with zero attached hydrogens (tertiary/aromatic N) is 1. The first-order valence-corrected chi connectivity index (χ1v) is 8.11. The van der Waals surface area contributed by atoms with E-state index in [4.69, 9.17) is 0 Å². The van der Waals surface area contributed by atoms with E-state index in [9.17, 15) is 18.8 Å². The van der Waals surface area contributed by atoms with E-state index in [0.29, 0.717) is 0 Å². The number of nitrogens with one attached hydrogen (secondary N) is 2. The summed E-state index contributed by atoms with van der Waals surface area (Å²) in [6.07, 6.45) is 3.28. The Labute approximate surface area is 140 Å². The summed E-state index contributed by atoms with van der Waals surface area (Å²) in [6, 6.07) is 5.49. The van der Waals surface area contributed by atoms with E-state index in [2.05, 4.69) is 10.6 Å². The largest absolute Gasteiger partial charge is 0.347 e. The molecule has 0 saturated carbocycles. The molecular formula is C17H22FN3O3. The molecule has 3 amide bonds. The fourth-order valence-electron chi connectivity index (χ4n) is 2.73. The monoisotopic (exact) mass is 335 g/mol. The fourth-order valence-corrected chi connectivity index (χ4v) is 2.73. The molecule has 2 N–H and O–H groups in total. The summed E-state index contributed by atoms with van der Waals surface area (Å²) in [5.41, 5.74) is 0.202. The summed E-state index contributed by atoms with van der Waals surface area (Å²) >= 11 is 0. The minimum atomic E-state index is -0.889. The molecule has 1 aromatic rings. The van der Waals surface area contributed by atoms with Gasteiger partial charge in [-0.1, -0.05) is 6.07 Å². The van der Waals surface area contributed by atoms with Gasteiger partial charge in [0.25, 0.3) is 0 Å². The average molecular weight is 335 g/mol. The van der Waals surface area contributed by atoms with Gasteiger partial charge >= 0.3 is 11.8 Å². The van der Waals surface area contributed by atoms with Crippen molar-refractivity contribution in [2.24, 2.45) is 0 Å². The lowest BCUT2D eigenvalue weighted by atomic mass is 10.0. The third kappa shape index (κ3) is 5.04. The van der Waals surface area contributed by atoms with Crippen LogP contribution in [0, 0.1) is 5.82 Å². The van der Waals surface area contributed by atoms with Gasteiger partial charge in [-0.25, -0.2) is 4.39 Å². The quantitative estimate of drug-likeness (QED) is 0.822. The number of piperidine rings is 1. The summed E-state index contributed by atoms with van der Waals surface area (Å²) < 4.78 is 13.0. The summed E-state index contributed by atoms with van der Waals surface area (Å²) in [5.74, 6) is -2.26. The highest BCUT2D eigenvalue weighted by Crippen LogP contribution is 2.17. The molecule has 1 atom stereocenters. The van der Waals surface area contributed by atoms with Gasteiger partial charge in [0.1, 0.15) is 5.82 Å². The molecule has 1 aromatic carbocycles. The first-order valence-electron chi connectivity index (χ1n) is 8.11. The van der Waals surface area contributed by atoms with E-state index < -0.39 is 17.6 Å². The van der Waals surface area contributed by atoms with Gasteiger partial charge in [-0.15, -0.1) is 0 Å². The Balaban J connectivity index is 1.74. The van der Waals surface area contributed by atoms with Crippen LogP contribution in [0.2, 0.25) is 0 Å². The molecule has 0 aromatic heterocycles. The first-order chi connectivity index (χ1) is 11.5. The van der Waals surface area contributed by atoms with Crippen molar-refractivity contribution in [3.63, 3.8) is 0 Å². The van der Waals surface area contributed by atoms with Crippen molar-refractivity contribution in [1.82, 2.24) is 10.2 Å². The predicted octanol–water partition coefficient (Wildman–Crippen LogP) is 1.67. The molecule has 0 unspecified atom stereocenters. The van der Waals surface area contributed by atoms with E-state index in [0.717, 1.165) is 31.9 Å². The molecule has 2 rings (SSSR count). The highest BCUT2D eigenvalue weighted by molar-refractivity contribution is 6.39. The Bertz CT molecular complexity index is 621. The summed E-state index contributed by atoms with van der Waals surface area (Å²) in [4.78, 5) is 37.4. The molecule has 0 radical (unpaired) electrons. The molecule has 7 heteroatoms. The van der Waals surface area contributed by atoms with Crippen molar-refractivity contribution < 1.29 is 18.8 Å². The summed E-state index contributed by atoms with van der Waals surface area (Å²) in [5, 5.41) is 4.71. The molecule has 0 aliphatic carbocycles. The van der Waals surface area contributed by atoms with Crippen molar-refractivity contribution in [1.29, 1.82) is 0 Å². The number of halogens is 1. The number of hydrogen-bond acceptors (Lipinski definition) is 3. The third-order valence-electron chi connectivity index (χ3n) is 4.04. The smallest absolute Gasteiger partial charge is 0.313 e. The Hall–Kier alpha value is -2.44. The van der Waals surface area contributed by atoms with Crippen LogP contribution in [0.1, 0.15) is 32.6 Å². The first kappa shape index (κ1) is 17.9. The minimum absolute atomic E-state index is 0.0203. The Kier molecular flexibility index (Phi) is 6.28. The van der Waals surface area contributed by atoms with Crippen molar-refractivity contribution in [3.05, 3.63) is 30.1 Å². The van der Waals surface area contributed by atoms with Gasteiger partial charge in [-0.2, -0.15) is 0 Å². The normalized spacial score (nSPS) is 17.2. The number of rotatable bonds is 4. The van der Waals surface area contributed by atoms with E-state index in [1.54, 1.807) is 0 Å². The van der Waals surface area contributed by atoms with Crippen molar-refractivity contribution in [2.75, 3.05) is 18.4 Å². The lowest BCUT2D eigenvalue weighted by molar-refractivity contribution is -0.137. The van der Waals surface area contributed by atoms with Gasteiger partial charge in [0.05, 0.1) is 0 Å². The minimum Gasteiger partial charge on any atom is -0.347 e. The van der Waals surface area contributed by atoms with Gasteiger partial charge in [0.2, 0.25) is 5.91 Å². The van der Waals surface area contributed by atoms with Gasteiger partial charge in [0.15, 0.2) is 0 Å². The molecule has 1 aliphatic rings. The van der Waals surface area contributed by atoms with Crippen LogP contribution in [-0.4, -0.2) is 41.8 Å². The van der Waals surface area contributed by atoms with Crippen molar-refractivity contribution >= 4 is 23.4 Å².